The third kappa shape index (κ3) is 7.27. The van der Waals surface area contributed by atoms with Crippen LogP contribution in [0.3, 0.4) is 0 Å². The molecule has 0 bridgehead atoms. The van der Waals surface area contributed by atoms with Crippen molar-refractivity contribution in [1.29, 1.82) is 5.41 Å². The zero-order valence-electron chi connectivity index (χ0n) is 26.5. The van der Waals surface area contributed by atoms with Crippen molar-refractivity contribution in [2.45, 2.75) is 70.2 Å². The molecule has 2 unspecified atom stereocenters. The fourth-order valence-corrected chi connectivity index (χ4v) is 6.91. The molecule has 3 heterocycles. The molecule has 2 aliphatic heterocycles. The zero-order chi connectivity index (χ0) is 31.3. The number of rotatable bonds is 11. The second-order valence-corrected chi connectivity index (χ2v) is 12.6. The van der Waals surface area contributed by atoms with Gasteiger partial charge in [0.15, 0.2) is 0 Å². The second-order valence-electron chi connectivity index (χ2n) is 12.6. The summed E-state index contributed by atoms with van der Waals surface area (Å²) in [6, 6.07) is 24.9. The first-order valence-corrected chi connectivity index (χ1v) is 16.3. The molecule has 2 saturated heterocycles. The molecule has 9 nitrogen and oxygen atoms in total. The highest BCUT2D eigenvalue weighted by atomic mass is 16.2. The Morgan fingerprint density at radius 2 is 1.80 bits per heavy atom. The van der Waals surface area contributed by atoms with Crippen molar-refractivity contribution in [1.82, 2.24) is 24.7 Å². The van der Waals surface area contributed by atoms with Crippen LogP contribution in [-0.4, -0.2) is 69.0 Å². The summed E-state index contributed by atoms with van der Waals surface area (Å²) in [5.74, 6) is 1.10. The van der Waals surface area contributed by atoms with Gasteiger partial charge in [-0.25, -0.2) is 4.98 Å². The molecule has 1 amide bonds. The highest BCUT2D eigenvalue weighted by molar-refractivity contribution is 5.96. The van der Waals surface area contributed by atoms with Crippen LogP contribution in [0, 0.1) is 5.41 Å². The van der Waals surface area contributed by atoms with E-state index in [4.69, 9.17) is 16.1 Å². The van der Waals surface area contributed by atoms with E-state index < -0.39 is 0 Å². The number of nitrogens with one attached hydrogen (secondary N) is 3. The third-order valence-electron chi connectivity index (χ3n) is 9.68. The van der Waals surface area contributed by atoms with Crippen molar-refractivity contribution in [3.8, 4) is 0 Å². The van der Waals surface area contributed by atoms with Crippen LogP contribution in [0.25, 0.3) is 11.0 Å². The van der Waals surface area contributed by atoms with Crippen molar-refractivity contribution >= 4 is 28.5 Å². The number of aryl methyl sites for hydroxylation is 3. The number of anilines is 1. The molecule has 0 saturated carbocycles. The van der Waals surface area contributed by atoms with Gasteiger partial charge in [0, 0.05) is 50.4 Å². The van der Waals surface area contributed by atoms with Gasteiger partial charge in [-0.2, -0.15) is 0 Å². The van der Waals surface area contributed by atoms with Gasteiger partial charge in [0.05, 0.1) is 23.2 Å². The first-order valence-electron chi connectivity index (χ1n) is 16.3. The summed E-state index contributed by atoms with van der Waals surface area (Å²) in [6.45, 7) is 5.91. The van der Waals surface area contributed by atoms with Crippen LogP contribution in [0.2, 0.25) is 0 Å². The van der Waals surface area contributed by atoms with Gasteiger partial charge in [-0.15, -0.1) is 0 Å². The summed E-state index contributed by atoms with van der Waals surface area (Å²) in [4.78, 5) is 23.3. The lowest BCUT2D eigenvalue weighted by atomic mass is 9.99. The highest BCUT2D eigenvalue weighted by Gasteiger charge is 2.33. The van der Waals surface area contributed by atoms with E-state index in [-0.39, 0.29) is 17.8 Å². The van der Waals surface area contributed by atoms with Gasteiger partial charge in [-0.3, -0.25) is 20.0 Å². The number of carbonyl (C=O) groups is 1. The number of fused-ring (bicyclic) bond motifs is 1. The van der Waals surface area contributed by atoms with Crippen LogP contribution in [0.4, 0.5) is 5.69 Å². The summed E-state index contributed by atoms with van der Waals surface area (Å²) >= 11 is 0. The van der Waals surface area contributed by atoms with E-state index in [1.165, 1.54) is 24.0 Å². The molecule has 0 aliphatic carbocycles. The molecule has 45 heavy (non-hydrogen) atoms. The largest absolute Gasteiger partial charge is 0.384 e. The molecule has 3 aromatic carbocycles. The number of nitrogen functional groups attached to an aromatic ring is 1. The maximum absolute atomic E-state index is 13.4. The molecular formula is C36H46N8O. The SMILES string of the molecule is CC(C(=O)Nc1ccc2c(c1)nc(CCc1ccc(C(=N)N)cc1)n2C)N1CCC(N(Cc2ccccc2)C2CCCN2)CC1. The average molecular weight is 607 g/mol. The number of piperidine rings is 1. The van der Waals surface area contributed by atoms with Gasteiger partial charge in [0.25, 0.3) is 0 Å². The number of amidine groups is 1. The summed E-state index contributed by atoms with van der Waals surface area (Å²) in [7, 11) is 2.04. The molecule has 1 aromatic heterocycles. The number of nitrogens with two attached hydrogens (primary N) is 1. The normalized spacial score (nSPS) is 18.4. The van der Waals surface area contributed by atoms with Crippen molar-refractivity contribution in [3.63, 3.8) is 0 Å². The molecule has 6 rings (SSSR count). The number of nitrogens with zero attached hydrogens (tertiary/aromatic N) is 4. The molecule has 2 fully saturated rings. The van der Waals surface area contributed by atoms with Crippen LogP contribution >= 0.6 is 0 Å². The number of likely N-dealkylation sites (tertiary alicyclic amines) is 1. The van der Waals surface area contributed by atoms with Gasteiger partial charge in [-0.05, 0) is 74.9 Å². The maximum Gasteiger partial charge on any atom is 0.241 e. The molecule has 5 N–H and O–H groups in total. The first-order chi connectivity index (χ1) is 21.9. The molecule has 2 atom stereocenters. The van der Waals surface area contributed by atoms with Crippen LogP contribution in [0.5, 0.6) is 0 Å². The monoisotopic (exact) mass is 606 g/mol. The molecule has 9 heteroatoms. The number of carbonyl (C=O) groups excluding carboxylic acids is 1. The Kier molecular flexibility index (Phi) is 9.59. The number of hydrogen-bond acceptors (Lipinski definition) is 6. The number of imidazole rings is 1. The van der Waals surface area contributed by atoms with E-state index in [1.54, 1.807) is 0 Å². The van der Waals surface area contributed by atoms with E-state index in [1.807, 2.05) is 56.4 Å². The van der Waals surface area contributed by atoms with Crippen LogP contribution < -0.4 is 16.4 Å². The summed E-state index contributed by atoms with van der Waals surface area (Å²) < 4.78 is 2.12. The van der Waals surface area contributed by atoms with Gasteiger partial charge in [0.2, 0.25) is 5.91 Å². The van der Waals surface area contributed by atoms with Crippen molar-refractivity contribution < 1.29 is 4.79 Å². The van der Waals surface area contributed by atoms with E-state index >= 15 is 0 Å². The smallest absolute Gasteiger partial charge is 0.241 e. The van der Waals surface area contributed by atoms with Crippen LogP contribution in [0.15, 0.2) is 72.8 Å². The molecule has 4 aromatic rings. The topological polar surface area (TPSA) is 115 Å². The molecule has 2 aliphatic rings. The van der Waals surface area contributed by atoms with Gasteiger partial charge in [-0.1, -0.05) is 54.6 Å². The van der Waals surface area contributed by atoms with E-state index in [0.29, 0.717) is 12.2 Å². The van der Waals surface area contributed by atoms with Crippen molar-refractivity contribution in [3.05, 3.63) is 95.3 Å². The van der Waals surface area contributed by atoms with E-state index in [2.05, 4.69) is 55.3 Å². The van der Waals surface area contributed by atoms with Gasteiger partial charge >= 0.3 is 0 Å². The number of amides is 1. The zero-order valence-corrected chi connectivity index (χ0v) is 26.5. The Morgan fingerprint density at radius 1 is 1.04 bits per heavy atom. The lowest BCUT2D eigenvalue weighted by molar-refractivity contribution is -0.121. The minimum Gasteiger partial charge on any atom is -0.384 e. The average Bonchev–Trinajstić information content (AvgIpc) is 3.71. The fourth-order valence-electron chi connectivity index (χ4n) is 6.91. The minimum atomic E-state index is -0.206. The predicted octanol–water partition coefficient (Wildman–Crippen LogP) is 4.65. The van der Waals surface area contributed by atoms with Gasteiger partial charge < -0.3 is 20.9 Å². The standard InChI is InChI=1S/C36H46N8O/c1-25(43-21-18-30(19-22-43)44(33-9-6-20-39-33)24-27-7-4-3-5-8-27)36(45)40-29-15-16-32-31(23-29)41-34(42(32)2)17-12-26-10-13-28(14-11-26)35(37)38/h3-5,7-8,10-11,13-16,23,25,30,33,39H,6,9,12,17-22,24H2,1-2H3,(H3,37,38)(H,40,45). The fraction of sp³-hybridized carbons (Fsp3) is 0.417. The maximum atomic E-state index is 13.4. The summed E-state index contributed by atoms with van der Waals surface area (Å²) in [5, 5.41) is 14.5. The Bertz CT molecular complexity index is 1600. The van der Waals surface area contributed by atoms with E-state index in [9.17, 15) is 4.79 Å². The minimum absolute atomic E-state index is 0.0246. The van der Waals surface area contributed by atoms with Crippen molar-refractivity contribution in [2.75, 3.05) is 25.0 Å². The highest BCUT2D eigenvalue weighted by Crippen LogP contribution is 2.26. The number of hydrogen-bond donors (Lipinski definition) is 4. The first kappa shape index (κ1) is 31.0. The van der Waals surface area contributed by atoms with E-state index in [0.717, 1.165) is 80.0 Å². The molecule has 0 radical (unpaired) electrons. The Hall–Kier alpha value is -4.05. The Labute approximate surface area is 266 Å². The van der Waals surface area contributed by atoms with Crippen LogP contribution in [-0.2, 0) is 31.2 Å². The lowest BCUT2D eigenvalue weighted by Crippen LogP contribution is -2.54. The molecular weight excluding hydrogens is 560 g/mol. The number of benzene rings is 3. The third-order valence-corrected chi connectivity index (χ3v) is 9.68. The number of aromatic nitrogens is 2. The second kappa shape index (κ2) is 13.9. The Balaban J connectivity index is 1.04. The summed E-state index contributed by atoms with van der Waals surface area (Å²) in [6.07, 6.45) is 6.62. The quantitative estimate of drug-likeness (QED) is 0.146. The Morgan fingerprint density at radius 3 is 2.49 bits per heavy atom. The van der Waals surface area contributed by atoms with Gasteiger partial charge in [0.1, 0.15) is 11.7 Å². The lowest BCUT2D eigenvalue weighted by Gasteiger charge is -2.42. The van der Waals surface area contributed by atoms with Crippen molar-refractivity contribution in [2.24, 2.45) is 12.8 Å². The summed E-state index contributed by atoms with van der Waals surface area (Å²) in [5.41, 5.74) is 11.6. The molecule has 0 spiro atoms. The van der Waals surface area contributed by atoms with Crippen LogP contribution in [0.1, 0.15) is 55.1 Å². The molecule has 236 valence electrons. The predicted molar refractivity (Wildman–Crippen MR) is 181 cm³/mol.